The van der Waals surface area contributed by atoms with Gasteiger partial charge in [-0.25, -0.2) is 0 Å². The summed E-state index contributed by atoms with van der Waals surface area (Å²) < 4.78 is 11.1. The van der Waals surface area contributed by atoms with Gasteiger partial charge in [0, 0.05) is 45.9 Å². The zero-order valence-corrected chi connectivity index (χ0v) is 15.7. The third kappa shape index (κ3) is 5.40. The van der Waals surface area contributed by atoms with Crippen molar-refractivity contribution in [2.24, 2.45) is 5.92 Å². The van der Waals surface area contributed by atoms with Gasteiger partial charge in [-0.3, -0.25) is 9.69 Å². The second kappa shape index (κ2) is 9.86. The lowest BCUT2D eigenvalue weighted by Crippen LogP contribution is -2.47. The lowest BCUT2D eigenvalue weighted by atomic mass is 9.87. The Labute approximate surface area is 156 Å². The summed E-state index contributed by atoms with van der Waals surface area (Å²) in [5.74, 6) is 0.558. The summed E-state index contributed by atoms with van der Waals surface area (Å²) in [4.78, 5) is 16.7. The molecule has 0 spiro atoms. The number of piperidine rings is 1. The first-order valence-electron chi connectivity index (χ1n) is 9.58. The monoisotopic (exact) mass is 358 g/mol. The Hall–Kier alpha value is -1.69. The van der Waals surface area contributed by atoms with Crippen LogP contribution in [0.15, 0.2) is 42.5 Å². The lowest BCUT2D eigenvalue weighted by Gasteiger charge is -2.37. The number of amides is 1. The number of nitrogens with zero attached hydrogens (tertiary/aromatic N) is 2. The predicted molar refractivity (Wildman–Crippen MR) is 102 cm³/mol. The van der Waals surface area contributed by atoms with E-state index in [1.165, 1.54) is 5.56 Å². The van der Waals surface area contributed by atoms with Crippen molar-refractivity contribution in [3.63, 3.8) is 0 Å². The number of ether oxygens (including phenoxy) is 2. The van der Waals surface area contributed by atoms with Crippen molar-refractivity contribution < 1.29 is 14.3 Å². The van der Waals surface area contributed by atoms with Gasteiger partial charge in [0.15, 0.2) is 0 Å². The van der Waals surface area contributed by atoms with E-state index in [9.17, 15) is 4.79 Å². The number of carbonyl (C=O) groups is 1. The van der Waals surface area contributed by atoms with E-state index in [-0.39, 0.29) is 12.0 Å². The highest BCUT2D eigenvalue weighted by atomic mass is 16.5. The maximum atomic E-state index is 12.5. The van der Waals surface area contributed by atoms with Crippen LogP contribution in [0.1, 0.15) is 12.0 Å². The van der Waals surface area contributed by atoms with Crippen molar-refractivity contribution in [2.45, 2.75) is 18.9 Å². The fourth-order valence-electron chi connectivity index (χ4n) is 3.77. The fraction of sp³-hybridized carbons (Fsp3) is 0.571. The van der Waals surface area contributed by atoms with Crippen molar-refractivity contribution in [1.29, 1.82) is 0 Å². The van der Waals surface area contributed by atoms with Crippen LogP contribution in [-0.4, -0.2) is 74.9 Å². The molecule has 0 bridgehead atoms. The highest BCUT2D eigenvalue weighted by Crippen LogP contribution is 2.24. The molecule has 0 aliphatic carbocycles. The predicted octanol–water partition coefficient (Wildman–Crippen LogP) is 1.98. The zero-order chi connectivity index (χ0) is 18.2. The number of methoxy groups -OCH3 is 1. The molecule has 5 nitrogen and oxygen atoms in total. The van der Waals surface area contributed by atoms with Crippen molar-refractivity contribution in [2.75, 3.05) is 53.0 Å². The summed E-state index contributed by atoms with van der Waals surface area (Å²) in [6.45, 7) is 5.74. The molecule has 3 rings (SSSR count). The first kappa shape index (κ1) is 19.1. The van der Waals surface area contributed by atoms with Crippen LogP contribution in [-0.2, 0) is 20.7 Å². The molecule has 0 radical (unpaired) electrons. The standard InChI is InChI=1S/C21H30N2O3/c1-25-20-17-23(11-9-19(20)16-18-6-3-2-4-7-18)21(24)8-5-10-22-12-14-26-15-13-22/h2-8,19-20H,9-17H2,1H3/t19-,20+/m1/s1. The van der Waals surface area contributed by atoms with Crippen LogP contribution < -0.4 is 0 Å². The largest absolute Gasteiger partial charge is 0.379 e. The van der Waals surface area contributed by atoms with Gasteiger partial charge >= 0.3 is 0 Å². The molecule has 26 heavy (non-hydrogen) atoms. The number of rotatable bonds is 6. The summed E-state index contributed by atoms with van der Waals surface area (Å²) in [5.41, 5.74) is 1.34. The molecular weight excluding hydrogens is 328 g/mol. The molecule has 2 saturated heterocycles. The zero-order valence-electron chi connectivity index (χ0n) is 15.7. The Morgan fingerprint density at radius 1 is 1.23 bits per heavy atom. The number of hydrogen-bond donors (Lipinski definition) is 0. The molecule has 0 N–H and O–H groups in total. The topological polar surface area (TPSA) is 42.0 Å². The summed E-state index contributed by atoms with van der Waals surface area (Å²) in [5, 5.41) is 0. The third-order valence-electron chi connectivity index (χ3n) is 5.38. The highest BCUT2D eigenvalue weighted by molar-refractivity contribution is 5.87. The maximum Gasteiger partial charge on any atom is 0.246 e. The molecule has 0 unspecified atom stereocenters. The maximum absolute atomic E-state index is 12.5. The summed E-state index contributed by atoms with van der Waals surface area (Å²) in [7, 11) is 1.75. The van der Waals surface area contributed by atoms with Gasteiger partial charge in [-0.05, 0) is 24.3 Å². The summed E-state index contributed by atoms with van der Waals surface area (Å²) in [6, 6.07) is 10.5. The molecule has 2 aliphatic rings. The lowest BCUT2D eigenvalue weighted by molar-refractivity contribution is -0.131. The van der Waals surface area contributed by atoms with Crippen LogP contribution in [0.4, 0.5) is 0 Å². The SMILES string of the molecule is CO[C@H]1CN(C(=O)C=CCN2CCOCC2)CC[C@@H]1Cc1ccccc1. The molecule has 1 aromatic carbocycles. The highest BCUT2D eigenvalue weighted by Gasteiger charge is 2.30. The fourth-order valence-corrected chi connectivity index (χ4v) is 3.77. The van der Waals surface area contributed by atoms with E-state index in [4.69, 9.17) is 9.47 Å². The van der Waals surface area contributed by atoms with E-state index in [1.54, 1.807) is 13.2 Å². The molecule has 0 aromatic heterocycles. The van der Waals surface area contributed by atoms with E-state index in [1.807, 2.05) is 17.0 Å². The van der Waals surface area contributed by atoms with Gasteiger partial charge in [-0.1, -0.05) is 36.4 Å². The molecule has 2 heterocycles. The average molecular weight is 358 g/mol. The minimum Gasteiger partial charge on any atom is -0.379 e. The van der Waals surface area contributed by atoms with E-state index in [0.717, 1.165) is 52.2 Å². The van der Waals surface area contributed by atoms with Gasteiger partial charge in [0.05, 0.1) is 19.3 Å². The molecular formula is C21H30N2O3. The Bertz CT molecular complexity index is 584. The molecule has 1 amide bonds. The minimum atomic E-state index is 0.0958. The van der Waals surface area contributed by atoms with E-state index in [2.05, 4.69) is 29.2 Å². The van der Waals surface area contributed by atoms with Crippen molar-refractivity contribution in [3.8, 4) is 0 Å². The molecule has 142 valence electrons. The van der Waals surface area contributed by atoms with Gasteiger partial charge in [0.1, 0.15) is 0 Å². The molecule has 2 aliphatic heterocycles. The van der Waals surface area contributed by atoms with Crippen LogP contribution in [0.25, 0.3) is 0 Å². The Balaban J connectivity index is 1.48. The normalized spacial score (nSPS) is 24.9. The molecule has 5 heteroatoms. The summed E-state index contributed by atoms with van der Waals surface area (Å²) >= 11 is 0. The quantitative estimate of drug-likeness (QED) is 0.730. The number of hydrogen-bond acceptors (Lipinski definition) is 4. The van der Waals surface area contributed by atoms with Crippen molar-refractivity contribution in [3.05, 3.63) is 48.0 Å². The van der Waals surface area contributed by atoms with Crippen LogP contribution in [0.2, 0.25) is 0 Å². The van der Waals surface area contributed by atoms with Gasteiger partial charge in [0.25, 0.3) is 0 Å². The van der Waals surface area contributed by atoms with Gasteiger partial charge in [0.2, 0.25) is 5.91 Å². The van der Waals surface area contributed by atoms with Crippen molar-refractivity contribution in [1.82, 2.24) is 9.80 Å². The third-order valence-corrected chi connectivity index (χ3v) is 5.38. The number of likely N-dealkylation sites (tertiary alicyclic amines) is 1. The first-order valence-corrected chi connectivity index (χ1v) is 9.58. The van der Waals surface area contributed by atoms with Gasteiger partial charge in [-0.2, -0.15) is 0 Å². The number of benzene rings is 1. The van der Waals surface area contributed by atoms with E-state index >= 15 is 0 Å². The van der Waals surface area contributed by atoms with E-state index in [0.29, 0.717) is 12.5 Å². The molecule has 2 atom stereocenters. The van der Waals surface area contributed by atoms with E-state index < -0.39 is 0 Å². The second-order valence-corrected chi connectivity index (χ2v) is 7.11. The van der Waals surface area contributed by atoms with Crippen LogP contribution in [0.5, 0.6) is 0 Å². The number of carbonyl (C=O) groups excluding carboxylic acids is 1. The Morgan fingerprint density at radius 2 is 2.00 bits per heavy atom. The molecule has 1 aromatic rings. The van der Waals surface area contributed by atoms with Crippen LogP contribution in [0.3, 0.4) is 0 Å². The minimum absolute atomic E-state index is 0.0958. The van der Waals surface area contributed by atoms with Gasteiger partial charge < -0.3 is 14.4 Å². The summed E-state index contributed by atoms with van der Waals surface area (Å²) in [6.07, 6.45) is 5.79. The first-order chi connectivity index (χ1) is 12.8. The van der Waals surface area contributed by atoms with Crippen LogP contribution >= 0.6 is 0 Å². The smallest absolute Gasteiger partial charge is 0.246 e. The average Bonchev–Trinajstić information content (AvgIpc) is 2.70. The number of morpholine rings is 1. The Kier molecular flexibility index (Phi) is 7.23. The van der Waals surface area contributed by atoms with Crippen molar-refractivity contribution >= 4 is 5.91 Å². The Morgan fingerprint density at radius 3 is 2.73 bits per heavy atom. The molecule has 2 fully saturated rings. The van der Waals surface area contributed by atoms with Gasteiger partial charge in [-0.15, -0.1) is 0 Å². The van der Waals surface area contributed by atoms with Crippen LogP contribution in [0, 0.1) is 5.92 Å². The molecule has 0 saturated carbocycles. The second-order valence-electron chi connectivity index (χ2n) is 7.11.